The van der Waals surface area contributed by atoms with Gasteiger partial charge in [0, 0.05) is 28.7 Å². The molecule has 2 unspecified atom stereocenters. The Morgan fingerprint density at radius 3 is 2.80 bits per heavy atom. The zero-order chi connectivity index (χ0) is 11.0. The van der Waals surface area contributed by atoms with Gasteiger partial charge in [-0.05, 0) is 25.5 Å². The molecule has 0 fully saturated rings. The highest BCUT2D eigenvalue weighted by Gasteiger charge is 2.16. The van der Waals surface area contributed by atoms with Crippen molar-refractivity contribution in [1.29, 1.82) is 0 Å². The van der Waals surface area contributed by atoms with E-state index in [-0.39, 0.29) is 6.04 Å². The molecule has 0 aliphatic rings. The van der Waals surface area contributed by atoms with Crippen molar-refractivity contribution >= 4 is 10.9 Å². The molecule has 0 saturated heterocycles. The van der Waals surface area contributed by atoms with Crippen LogP contribution in [0.3, 0.4) is 0 Å². The number of nitrogens with one attached hydrogen (secondary N) is 1. The molecule has 1 heterocycles. The van der Waals surface area contributed by atoms with Crippen molar-refractivity contribution in [3.8, 4) is 0 Å². The van der Waals surface area contributed by atoms with Crippen LogP contribution in [0.1, 0.15) is 24.2 Å². The van der Waals surface area contributed by atoms with E-state index >= 15 is 0 Å². The Balaban J connectivity index is 2.54. The first-order valence-electron chi connectivity index (χ1n) is 5.11. The van der Waals surface area contributed by atoms with Gasteiger partial charge in [0.1, 0.15) is 0 Å². The van der Waals surface area contributed by atoms with Crippen LogP contribution in [-0.4, -0.2) is 16.1 Å². The number of aromatic nitrogens is 1. The van der Waals surface area contributed by atoms with Crippen molar-refractivity contribution in [2.45, 2.75) is 26.0 Å². The van der Waals surface area contributed by atoms with E-state index in [9.17, 15) is 5.11 Å². The maximum Gasteiger partial charge on any atom is 0.0958 e. The summed E-state index contributed by atoms with van der Waals surface area (Å²) in [5.41, 5.74) is 8.81. The van der Waals surface area contributed by atoms with Crippen LogP contribution in [0.2, 0.25) is 0 Å². The lowest BCUT2D eigenvalue weighted by atomic mass is 10.0. The standard InChI is InChI=1S/C12H16N2O/c1-7-3-4-9-10(12(15)8(2)13)6-14-11(9)5-7/h3-6,8,12,14-15H,13H2,1-2H3. The number of fused-ring (bicyclic) bond motifs is 1. The molecule has 0 radical (unpaired) electrons. The molecule has 3 nitrogen and oxygen atoms in total. The number of nitrogens with two attached hydrogens (primary N) is 1. The van der Waals surface area contributed by atoms with Crippen molar-refractivity contribution in [3.05, 3.63) is 35.5 Å². The van der Waals surface area contributed by atoms with Crippen molar-refractivity contribution in [2.24, 2.45) is 5.73 Å². The summed E-state index contributed by atoms with van der Waals surface area (Å²) in [6.07, 6.45) is 1.22. The lowest BCUT2D eigenvalue weighted by Gasteiger charge is -2.13. The second-order valence-corrected chi connectivity index (χ2v) is 4.10. The third kappa shape index (κ3) is 1.76. The molecule has 1 aromatic carbocycles. The molecule has 3 heteroatoms. The van der Waals surface area contributed by atoms with Gasteiger partial charge in [-0.1, -0.05) is 12.1 Å². The molecule has 4 N–H and O–H groups in total. The van der Waals surface area contributed by atoms with E-state index in [1.54, 1.807) is 6.92 Å². The van der Waals surface area contributed by atoms with Gasteiger partial charge in [-0.3, -0.25) is 0 Å². The molecule has 1 aromatic heterocycles. The minimum Gasteiger partial charge on any atom is -0.387 e. The Morgan fingerprint density at radius 1 is 1.40 bits per heavy atom. The van der Waals surface area contributed by atoms with Crippen LogP contribution in [0, 0.1) is 6.92 Å². The molecule has 2 aromatic rings. The first-order valence-corrected chi connectivity index (χ1v) is 5.11. The fourth-order valence-corrected chi connectivity index (χ4v) is 1.79. The zero-order valence-corrected chi connectivity index (χ0v) is 8.99. The maximum atomic E-state index is 9.91. The lowest BCUT2D eigenvalue weighted by Crippen LogP contribution is -2.24. The van der Waals surface area contributed by atoms with Crippen LogP contribution in [-0.2, 0) is 0 Å². The van der Waals surface area contributed by atoms with Gasteiger partial charge in [-0.15, -0.1) is 0 Å². The summed E-state index contributed by atoms with van der Waals surface area (Å²) in [6.45, 7) is 3.85. The summed E-state index contributed by atoms with van der Waals surface area (Å²) in [7, 11) is 0. The second-order valence-electron chi connectivity index (χ2n) is 4.10. The second kappa shape index (κ2) is 3.68. The molecule has 0 amide bonds. The van der Waals surface area contributed by atoms with Crippen molar-refractivity contribution in [2.75, 3.05) is 0 Å². The van der Waals surface area contributed by atoms with Gasteiger partial charge in [0.2, 0.25) is 0 Å². The van der Waals surface area contributed by atoms with E-state index < -0.39 is 6.10 Å². The summed E-state index contributed by atoms with van der Waals surface area (Å²) in [5.74, 6) is 0. The van der Waals surface area contributed by atoms with Gasteiger partial charge in [0.05, 0.1) is 6.10 Å². The molecule has 0 spiro atoms. The lowest BCUT2D eigenvalue weighted by molar-refractivity contribution is 0.155. The summed E-state index contributed by atoms with van der Waals surface area (Å²) in [5, 5.41) is 11.0. The quantitative estimate of drug-likeness (QED) is 0.699. The van der Waals surface area contributed by atoms with E-state index in [1.807, 2.05) is 25.3 Å². The monoisotopic (exact) mass is 204 g/mol. The van der Waals surface area contributed by atoms with Gasteiger partial charge in [0.25, 0.3) is 0 Å². The van der Waals surface area contributed by atoms with Crippen molar-refractivity contribution < 1.29 is 5.11 Å². The van der Waals surface area contributed by atoms with Crippen LogP contribution in [0.5, 0.6) is 0 Å². The fraction of sp³-hybridized carbons (Fsp3) is 0.333. The molecule has 0 saturated carbocycles. The minimum atomic E-state index is -0.610. The number of H-pyrrole nitrogens is 1. The van der Waals surface area contributed by atoms with Gasteiger partial charge < -0.3 is 15.8 Å². The van der Waals surface area contributed by atoms with Crippen LogP contribution < -0.4 is 5.73 Å². The number of hydrogen-bond donors (Lipinski definition) is 3. The summed E-state index contributed by atoms with van der Waals surface area (Å²) < 4.78 is 0. The van der Waals surface area contributed by atoms with Crippen LogP contribution in [0.15, 0.2) is 24.4 Å². The fourth-order valence-electron chi connectivity index (χ4n) is 1.79. The Kier molecular flexibility index (Phi) is 2.50. The van der Waals surface area contributed by atoms with E-state index in [4.69, 9.17) is 5.73 Å². The summed E-state index contributed by atoms with van der Waals surface area (Å²) >= 11 is 0. The number of aliphatic hydroxyl groups excluding tert-OH is 1. The average molecular weight is 204 g/mol. The topological polar surface area (TPSA) is 62.0 Å². The van der Waals surface area contributed by atoms with E-state index in [0.717, 1.165) is 16.5 Å². The number of benzene rings is 1. The third-order valence-electron chi connectivity index (χ3n) is 2.69. The molecule has 2 atom stereocenters. The molecule has 80 valence electrons. The smallest absolute Gasteiger partial charge is 0.0958 e. The normalized spacial score (nSPS) is 15.5. The number of aryl methyl sites for hydroxylation is 1. The Morgan fingerprint density at radius 2 is 2.13 bits per heavy atom. The van der Waals surface area contributed by atoms with Crippen LogP contribution in [0.4, 0.5) is 0 Å². The van der Waals surface area contributed by atoms with E-state index in [2.05, 4.69) is 11.1 Å². The van der Waals surface area contributed by atoms with Gasteiger partial charge in [-0.25, -0.2) is 0 Å². The Hall–Kier alpha value is -1.32. The Bertz CT molecular complexity index is 473. The third-order valence-corrected chi connectivity index (χ3v) is 2.69. The first kappa shape index (κ1) is 10.2. The molecule has 0 aliphatic carbocycles. The highest BCUT2D eigenvalue weighted by molar-refractivity contribution is 5.84. The molecule has 0 bridgehead atoms. The number of rotatable bonds is 2. The van der Waals surface area contributed by atoms with Crippen LogP contribution in [0.25, 0.3) is 10.9 Å². The van der Waals surface area contributed by atoms with Gasteiger partial charge in [-0.2, -0.15) is 0 Å². The highest BCUT2D eigenvalue weighted by Crippen LogP contribution is 2.26. The van der Waals surface area contributed by atoms with Gasteiger partial charge >= 0.3 is 0 Å². The van der Waals surface area contributed by atoms with Crippen LogP contribution >= 0.6 is 0 Å². The largest absolute Gasteiger partial charge is 0.387 e. The first-order chi connectivity index (χ1) is 7.09. The summed E-state index contributed by atoms with van der Waals surface area (Å²) in [6, 6.07) is 5.85. The number of aliphatic hydroxyl groups is 1. The molecule has 15 heavy (non-hydrogen) atoms. The maximum absolute atomic E-state index is 9.91. The number of hydrogen-bond acceptors (Lipinski definition) is 2. The molecular weight excluding hydrogens is 188 g/mol. The molecule has 0 aliphatic heterocycles. The molecule has 2 rings (SSSR count). The predicted octanol–water partition coefficient (Wildman–Crippen LogP) is 1.86. The van der Waals surface area contributed by atoms with Crippen molar-refractivity contribution in [3.63, 3.8) is 0 Å². The minimum absolute atomic E-state index is 0.259. The highest BCUT2D eigenvalue weighted by atomic mass is 16.3. The zero-order valence-electron chi connectivity index (χ0n) is 8.99. The van der Waals surface area contributed by atoms with E-state index in [0.29, 0.717) is 0 Å². The SMILES string of the molecule is Cc1ccc2c(C(O)C(C)N)c[nH]c2c1. The van der Waals surface area contributed by atoms with E-state index in [1.165, 1.54) is 5.56 Å². The Labute approximate surface area is 88.9 Å². The number of aromatic amines is 1. The van der Waals surface area contributed by atoms with Crippen molar-refractivity contribution in [1.82, 2.24) is 4.98 Å². The summed E-state index contributed by atoms with van der Waals surface area (Å²) in [4.78, 5) is 3.15. The predicted molar refractivity (Wildman–Crippen MR) is 61.6 cm³/mol. The average Bonchev–Trinajstić information content (AvgIpc) is 2.59. The molecular formula is C12H16N2O. The van der Waals surface area contributed by atoms with Gasteiger partial charge in [0.15, 0.2) is 0 Å².